The first-order valence-corrected chi connectivity index (χ1v) is 4.69. The van der Waals surface area contributed by atoms with Crippen LogP contribution in [-0.4, -0.2) is 6.18 Å². The molecule has 1 rings (SSSR count). The normalized spacial score (nSPS) is 14.0. The maximum absolute atomic E-state index is 12.1. The molecule has 0 bridgehead atoms. The van der Waals surface area contributed by atoms with Crippen LogP contribution in [0.25, 0.3) is 0 Å². The summed E-state index contributed by atoms with van der Waals surface area (Å²) in [6, 6.07) is 4.40. The number of halogens is 3. The van der Waals surface area contributed by atoms with Gasteiger partial charge in [-0.25, -0.2) is 0 Å². The van der Waals surface area contributed by atoms with Crippen molar-refractivity contribution < 1.29 is 13.2 Å². The summed E-state index contributed by atoms with van der Waals surface area (Å²) in [6.07, 6.45) is -5.19. The Balaban J connectivity index is 2.90. The van der Waals surface area contributed by atoms with Crippen molar-refractivity contribution in [2.75, 3.05) is 0 Å². The van der Waals surface area contributed by atoms with E-state index in [0.29, 0.717) is 5.56 Å². The van der Waals surface area contributed by atoms with Gasteiger partial charge in [-0.2, -0.15) is 13.2 Å². The first-order valence-electron chi connectivity index (χ1n) is 4.69. The van der Waals surface area contributed by atoms with Gasteiger partial charge in [0.05, 0.1) is 6.42 Å². The second kappa shape index (κ2) is 4.23. The zero-order valence-corrected chi connectivity index (χ0v) is 8.73. The average molecular weight is 217 g/mol. The fourth-order valence-electron chi connectivity index (χ4n) is 1.52. The highest BCUT2D eigenvalue weighted by Gasteiger charge is 2.31. The Kier molecular flexibility index (Phi) is 3.39. The minimum absolute atomic E-state index is 0.576. The van der Waals surface area contributed by atoms with E-state index in [1.807, 2.05) is 13.0 Å². The molecular weight excluding hydrogens is 203 g/mol. The van der Waals surface area contributed by atoms with E-state index in [1.165, 1.54) is 0 Å². The van der Waals surface area contributed by atoms with Gasteiger partial charge in [-0.3, -0.25) is 0 Å². The van der Waals surface area contributed by atoms with E-state index in [1.54, 1.807) is 19.1 Å². The highest BCUT2D eigenvalue weighted by molar-refractivity contribution is 5.32. The lowest BCUT2D eigenvalue weighted by Crippen LogP contribution is -2.21. The van der Waals surface area contributed by atoms with Crippen molar-refractivity contribution in [1.82, 2.24) is 0 Å². The molecule has 0 aliphatic carbocycles. The van der Waals surface area contributed by atoms with Crippen molar-refractivity contribution in [2.45, 2.75) is 32.5 Å². The van der Waals surface area contributed by atoms with Crippen LogP contribution in [0.4, 0.5) is 13.2 Å². The minimum atomic E-state index is -4.21. The summed E-state index contributed by atoms with van der Waals surface area (Å²) in [5.74, 6) is 0. The van der Waals surface area contributed by atoms with Crippen LogP contribution in [0.1, 0.15) is 29.2 Å². The molecule has 2 N–H and O–H groups in total. The average Bonchev–Trinajstić information content (AvgIpc) is 2.06. The molecule has 15 heavy (non-hydrogen) atoms. The van der Waals surface area contributed by atoms with Crippen LogP contribution >= 0.6 is 0 Å². The molecule has 1 aromatic carbocycles. The number of rotatable bonds is 2. The standard InChI is InChI=1S/C11H14F3N/c1-7-3-4-8(2)9(5-7)10(15)6-11(12,13)14/h3-5,10H,6,15H2,1-2H3. The van der Waals surface area contributed by atoms with Crippen LogP contribution in [0.15, 0.2) is 18.2 Å². The molecular formula is C11H14F3N. The Morgan fingerprint density at radius 3 is 2.40 bits per heavy atom. The number of nitrogens with two attached hydrogens (primary N) is 1. The van der Waals surface area contributed by atoms with Crippen molar-refractivity contribution in [2.24, 2.45) is 5.73 Å². The summed E-state index contributed by atoms with van der Waals surface area (Å²) >= 11 is 0. The van der Waals surface area contributed by atoms with Crippen LogP contribution in [-0.2, 0) is 0 Å². The molecule has 0 radical (unpaired) electrons. The summed E-state index contributed by atoms with van der Waals surface area (Å²) < 4.78 is 36.4. The van der Waals surface area contributed by atoms with Crippen molar-refractivity contribution in [3.05, 3.63) is 34.9 Å². The Bertz CT molecular complexity index is 344. The van der Waals surface area contributed by atoms with Gasteiger partial charge in [0.15, 0.2) is 0 Å². The molecule has 1 aromatic rings. The predicted molar refractivity (Wildman–Crippen MR) is 53.5 cm³/mol. The van der Waals surface area contributed by atoms with Crippen molar-refractivity contribution in [3.8, 4) is 0 Å². The van der Waals surface area contributed by atoms with Crippen LogP contribution in [0, 0.1) is 13.8 Å². The molecule has 0 fully saturated rings. The molecule has 0 aliphatic rings. The third-order valence-corrected chi connectivity index (χ3v) is 2.29. The van der Waals surface area contributed by atoms with Gasteiger partial charge in [0.1, 0.15) is 0 Å². The summed E-state index contributed by atoms with van der Waals surface area (Å²) in [6.45, 7) is 3.61. The third kappa shape index (κ3) is 3.55. The fourth-order valence-corrected chi connectivity index (χ4v) is 1.52. The molecule has 0 amide bonds. The molecule has 1 atom stereocenters. The SMILES string of the molecule is Cc1ccc(C)c(C(N)CC(F)(F)F)c1. The van der Waals surface area contributed by atoms with E-state index in [0.717, 1.165) is 11.1 Å². The Morgan fingerprint density at radius 2 is 1.87 bits per heavy atom. The number of hydrogen-bond acceptors (Lipinski definition) is 1. The molecule has 4 heteroatoms. The van der Waals surface area contributed by atoms with Gasteiger partial charge < -0.3 is 5.73 Å². The molecule has 1 nitrogen and oxygen atoms in total. The summed E-state index contributed by atoms with van der Waals surface area (Å²) in [5.41, 5.74) is 7.83. The zero-order valence-electron chi connectivity index (χ0n) is 8.73. The quantitative estimate of drug-likeness (QED) is 0.808. The van der Waals surface area contributed by atoms with Crippen molar-refractivity contribution in [1.29, 1.82) is 0 Å². The van der Waals surface area contributed by atoms with Crippen molar-refractivity contribution in [3.63, 3.8) is 0 Å². The molecule has 0 saturated carbocycles. The molecule has 0 heterocycles. The molecule has 0 aromatic heterocycles. The number of aryl methyl sites for hydroxylation is 2. The lowest BCUT2D eigenvalue weighted by molar-refractivity contribution is -0.138. The van der Waals surface area contributed by atoms with Gasteiger partial charge in [-0.15, -0.1) is 0 Å². The van der Waals surface area contributed by atoms with E-state index in [4.69, 9.17) is 5.73 Å². The van der Waals surface area contributed by atoms with E-state index in [-0.39, 0.29) is 0 Å². The van der Waals surface area contributed by atoms with Gasteiger partial charge in [0.25, 0.3) is 0 Å². The fraction of sp³-hybridized carbons (Fsp3) is 0.455. The first-order chi connectivity index (χ1) is 6.79. The van der Waals surface area contributed by atoms with Gasteiger partial charge in [-0.1, -0.05) is 23.8 Å². The van der Waals surface area contributed by atoms with Gasteiger partial charge in [0, 0.05) is 6.04 Å². The molecule has 0 aliphatic heterocycles. The van der Waals surface area contributed by atoms with Crippen LogP contribution in [0.3, 0.4) is 0 Å². The second-order valence-electron chi connectivity index (χ2n) is 3.79. The summed E-state index contributed by atoms with van der Waals surface area (Å²) in [5, 5.41) is 0. The van der Waals surface area contributed by atoms with Crippen molar-refractivity contribution >= 4 is 0 Å². The lowest BCUT2D eigenvalue weighted by atomic mass is 9.97. The van der Waals surface area contributed by atoms with E-state index in [2.05, 4.69) is 0 Å². The maximum Gasteiger partial charge on any atom is 0.390 e. The van der Waals surface area contributed by atoms with Crippen LogP contribution in [0.2, 0.25) is 0 Å². The zero-order chi connectivity index (χ0) is 11.6. The van der Waals surface area contributed by atoms with Gasteiger partial charge >= 0.3 is 6.18 Å². The molecule has 1 unspecified atom stereocenters. The monoisotopic (exact) mass is 217 g/mol. The summed E-state index contributed by atoms with van der Waals surface area (Å²) in [4.78, 5) is 0. The Morgan fingerprint density at radius 1 is 1.27 bits per heavy atom. The van der Waals surface area contributed by atoms with E-state index >= 15 is 0 Å². The smallest absolute Gasteiger partial charge is 0.324 e. The third-order valence-electron chi connectivity index (χ3n) is 2.29. The Labute approximate surface area is 87.1 Å². The number of hydrogen-bond donors (Lipinski definition) is 1. The van der Waals surface area contributed by atoms with Gasteiger partial charge in [-0.05, 0) is 25.0 Å². The van der Waals surface area contributed by atoms with E-state index in [9.17, 15) is 13.2 Å². The molecule has 0 saturated heterocycles. The van der Waals surface area contributed by atoms with Gasteiger partial charge in [0.2, 0.25) is 0 Å². The van der Waals surface area contributed by atoms with E-state index < -0.39 is 18.6 Å². The lowest BCUT2D eigenvalue weighted by Gasteiger charge is -2.17. The molecule has 84 valence electrons. The Hall–Kier alpha value is -1.03. The highest BCUT2D eigenvalue weighted by Crippen LogP contribution is 2.29. The largest absolute Gasteiger partial charge is 0.390 e. The summed E-state index contributed by atoms with van der Waals surface area (Å²) in [7, 11) is 0. The first kappa shape index (κ1) is 12.0. The molecule has 0 spiro atoms. The number of benzene rings is 1. The topological polar surface area (TPSA) is 26.0 Å². The highest BCUT2D eigenvalue weighted by atomic mass is 19.4. The second-order valence-corrected chi connectivity index (χ2v) is 3.79. The minimum Gasteiger partial charge on any atom is -0.324 e. The number of alkyl halides is 3. The maximum atomic E-state index is 12.1. The van der Waals surface area contributed by atoms with Crippen LogP contribution < -0.4 is 5.73 Å². The van der Waals surface area contributed by atoms with Crippen LogP contribution in [0.5, 0.6) is 0 Å². The predicted octanol–water partition coefficient (Wildman–Crippen LogP) is 3.26.